The molecule has 1 heterocycles. The maximum Gasteiger partial charge on any atom is 0.251 e. The maximum absolute atomic E-state index is 11.9. The summed E-state index contributed by atoms with van der Waals surface area (Å²) >= 11 is 0. The van der Waals surface area contributed by atoms with Crippen LogP contribution in [0.5, 0.6) is 0 Å². The summed E-state index contributed by atoms with van der Waals surface area (Å²) in [6.45, 7) is 1.58. The monoisotopic (exact) mass is 274 g/mol. The lowest BCUT2D eigenvalue weighted by atomic mass is 9.79. The Hall–Kier alpha value is -1.55. The molecule has 0 radical (unpaired) electrons. The van der Waals surface area contributed by atoms with Gasteiger partial charge in [-0.25, -0.2) is 0 Å². The summed E-state index contributed by atoms with van der Waals surface area (Å²) in [5.74, 6) is 0.216. The first-order chi connectivity index (χ1) is 9.58. The van der Waals surface area contributed by atoms with Crippen LogP contribution in [0.2, 0.25) is 0 Å². The van der Waals surface area contributed by atoms with E-state index in [-0.39, 0.29) is 5.91 Å². The van der Waals surface area contributed by atoms with Crippen molar-refractivity contribution in [3.8, 4) is 0 Å². The van der Waals surface area contributed by atoms with E-state index in [1.165, 1.54) is 11.3 Å². The van der Waals surface area contributed by atoms with E-state index in [4.69, 9.17) is 0 Å². The Morgan fingerprint density at radius 2 is 2.20 bits per heavy atom. The molecule has 1 saturated carbocycles. The average molecular weight is 274 g/mol. The summed E-state index contributed by atoms with van der Waals surface area (Å²) in [6.07, 6.45) is 3.14. The van der Waals surface area contributed by atoms with Crippen molar-refractivity contribution < 1.29 is 9.90 Å². The predicted octanol–water partition coefficient (Wildman–Crippen LogP) is 1.33. The predicted molar refractivity (Wildman–Crippen MR) is 78.7 cm³/mol. The van der Waals surface area contributed by atoms with Gasteiger partial charge >= 0.3 is 0 Å². The van der Waals surface area contributed by atoms with Crippen molar-refractivity contribution >= 4 is 11.6 Å². The van der Waals surface area contributed by atoms with Gasteiger partial charge in [-0.05, 0) is 43.2 Å². The largest absolute Gasteiger partial charge is 0.380 e. The second-order valence-corrected chi connectivity index (χ2v) is 6.17. The summed E-state index contributed by atoms with van der Waals surface area (Å²) in [5, 5.41) is 12.9. The molecule has 3 rings (SSSR count). The van der Waals surface area contributed by atoms with Gasteiger partial charge in [0.05, 0.1) is 0 Å². The van der Waals surface area contributed by atoms with Gasteiger partial charge in [0.1, 0.15) is 5.60 Å². The van der Waals surface area contributed by atoms with Crippen LogP contribution in [-0.2, 0) is 11.2 Å². The minimum absolute atomic E-state index is 0.190. The standard InChI is InChI=1S/C16H22N2O2/c1-18-11-12(9-13-5-2-3-6-14(13)18)10-17-15(19)16(20)7-4-8-16/h2-3,5-6,12,20H,4,7-11H2,1H3,(H,17,19). The second-order valence-electron chi connectivity index (χ2n) is 6.17. The third-order valence-electron chi connectivity index (χ3n) is 4.60. The van der Waals surface area contributed by atoms with Crippen LogP contribution in [0.15, 0.2) is 24.3 Å². The SMILES string of the molecule is CN1CC(CNC(=O)C2(O)CCC2)Cc2ccccc21. The highest BCUT2D eigenvalue weighted by Crippen LogP contribution is 2.32. The van der Waals surface area contributed by atoms with E-state index >= 15 is 0 Å². The lowest BCUT2D eigenvalue weighted by molar-refractivity contribution is -0.148. The molecule has 108 valence electrons. The van der Waals surface area contributed by atoms with E-state index in [1.807, 2.05) is 0 Å². The number of benzene rings is 1. The zero-order valence-corrected chi connectivity index (χ0v) is 11.9. The van der Waals surface area contributed by atoms with Crippen LogP contribution in [0.25, 0.3) is 0 Å². The molecule has 1 aromatic carbocycles. The molecule has 1 aliphatic heterocycles. The number of carbonyl (C=O) groups excluding carboxylic acids is 1. The van der Waals surface area contributed by atoms with Crippen molar-refractivity contribution in [1.82, 2.24) is 5.32 Å². The van der Waals surface area contributed by atoms with Gasteiger partial charge in [0.15, 0.2) is 0 Å². The fourth-order valence-corrected chi connectivity index (χ4v) is 3.19. The van der Waals surface area contributed by atoms with Crippen LogP contribution in [0, 0.1) is 5.92 Å². The molecule has 0 saturated heterocycles. The van der Waals surface area contributed by atoms with Crippen LogP contribution < -0.4 is 10.2 Å². The Morgan fingerprint density at radius 3 is 2.90 bits per heavy atom. The lowest BCUT2D eigenvalue weighted by Gasteiger charge is -2.37. The van der Waals surface area contributed by atoms with Crippen LogP contribution in [0.3, 0.4) is 0 Å². The number of nitrogens with zero attached hydrogens (tertiary/aromatic N) is 1. The molecular formula is C16H22N2O2. The number of para-hydroxylation sites is 1. The highest BCUT2D eigenvalue weighted by atomic mass is 16.3. The zero-order valence-electron chi connectivity index (χ0n) is 11.9. The summed E-state index contributed by atoms with van der Waals surface area (Å²) in [4.78, 5) is 14.2. The van der Waals surface area contributed by atoms with Gasteiger partial charge in [-0.1, -0.05) is 18.2 Å². The van der Waals surface area contributed by atoms with Gasteiger partial charge in [-0.3, -0.25) is 4.79 Å². The van der Waals surface area contributed by atoms with Crippen LogP contribution >= 0.6 is 0 Å². The topological polar surface area (TPSA) is 52.6 Å². The molecule has 1 fully saturated rings. The number of carbonyl (C=O) groups is 1. The van der Waals surface area contributed by atoms with E-state index in [0.717, 1.165) is 19.4 Å². The minimum Gasteiger partial charge on any atom is -0.380 e. The molecule has 0 spiro atoms. The van der Waals surface area contributed by atoms with Gasteiger partial charge in [0.2, 0.25) is 0 Å². The number of fused-ring (bicyclic) bond motifs is 1. The van der Waals surface area contributed by atoms with Gasteiger partial charge in [-0.15, -0.1) is 0 Å². The molecule has 0 aromatic heterocycles. The smallest absolute Gasteiger partial charge is 0.251 e. The highest BCUT2D eigenvalue weighted by Gasteiger charge is 2.42. The van der Waals surface area contributed by atoms with Crippen molar-refractivity contribution in [2.45, 2.75) is 31.3 Å². The van der Waals surface area contributed by atoms with Crippen molar-refractivity contribution in [1.29, 1.82) is 0 Å². The van der Waals surface area contributed by atoms with Crippen molar-refractivity contribution in [2.75, 3.05) is 25.0 Å². The number of rotatable bonds is 3. The van der Waals surface area contributed by atoms with E-state index in [1.54, 1.807) is 0 Å². The van der Waals surface area contributed by atoms with Gasteiger partial charge in [0, 0.05) is 25.8 Å². The summed E-state index contributed by atoms with van der Waals surface area (Å²) in [5.41, 5.74) is 1.54. The Bertz CT molecular complexity index is 511. The molecule has 4 nitrogen and oxygen atoms in total. The molecule has 1 amide bonds. The number of nitrogens with one attached hydrogen (secondary N) is 1. The average Bonchev–Trinajstić information content (AvgIpc) is 2.42. The lowest BCUT2D eigenvalue weighted by Crippen LogP contribution is -2.53. The fourth-order valence-electron chi connectivity index (χ4n) is 3.19. The number of hydrogen-bond donors (Lipinski definition) is 2. The maximum atomic E-state index is 11.9. The molecule has 0 bridgehead atoms. The quantitative estimate of drug-likeness (QED) is 0.874. The molecule has 2 N–H and O–H groups in total. The van der Waals surface area contributed by atoms with Crippen molar-refractivity contribution in [3.05, 3.63) is 29.8 Å². The third kappa shape index (κ3) is 2.40. The Kier molecular flexibility index (Phi) is 3.42. The van der Waals surface area contributed by atoms with Gasteiger partial charge in [0.25, 0.3) is 5.91 Å². The van der Waals surface area contributed by atoms with Crippen LogP contribution in [-0.4, -0.2) is 36.8 Å². The molecule has 20 heavy (non-hydrogen) atoms. The molecular weight excluding hydrogens is 252 g/mol. The van der Waals surface area contributed by atoms with E-state index < -0.39 is 5.60 Å². The first kappa shape index (κ1) is 13.4. The molecule has 2 aliphatic rings. The summed E-state index contributed by atoms with van der Waals surface area (Å²) < 4.78 is 0. The summed E-state index contributed by atoms with van der Waals surface area (Å²) in [6, 6.07) is 8.41. The molecule has 1 atom stereocenters. The zero-order chi connectivity index (χ0) is 14.2. The Labute approximate surface area is 119 Å². The van der Waals surface area contributed by atoms with E-state index in [2.05, 4.69) is 41.5 Å². The first-order valence-electron chi connectivity index (χ1n) is 7.38. The number of hydrogen-bond acceptors (Lipinski definition) is 3. The number of anilines is 1. The first-order valence-corrected chi connectivity index (χ1v) is 7.38. The van der Waals surface area contributed by atoms with E-state index in [0.29, 0.717) is 25.3 Å². The van der Waals surface area contributed by atoms with Crippen LogP contribution in [0.4, 0.5) is 5.69 Å². The third-order valence-corrected chi connectivity index (χ3v) is 4.60. The number of aliphatic hydroxyl groups is 1. The van der Waals surface area contributed by atoms with E-state index in [9.17, 15) is 9.90 Å². The van der Waals surface area contributed by atoms with Crippen molar-refractivity contribution in [3.63, 3.8) is 0 Å². The minimum atomic E-state index is -1.08. The number of amides is 1. The Balaban J connectivity index is 1.59. The van der Waals surface area contributed by atoms with Crippen molar-refractivity contribution in [2.24, 2.45) is 5.92 Å². The normalized spacial score (nSPS) is 23.7. The second kappa shape index (κ2) is 5.09. The fraction of sp³-hybridized carbons (Fsp3) is 0.562. The van der Waals surface area contributed by atoms with Crippen LogP contribution in [0.1, 0.15) is 24.8 Å². The van der Waals surface area contributed by atoms with Gasteiger partial charge in [-0.2, -0.15) is 0 Å². The molecule has 4 heteroatoms. The molecule has 1 aromatic rings. The van der Waals surface area contributed by atoms with Gasteiger partial charge < -0.3 is 15.3 Å². The molecule has 1 aliphatic carbocycles. The highest BCUT2D eigenvalue weighted by molar-refractivity contribution is 5.85. The summed E-state index contributed by atoms with van der Waals surface area (Å²) in [7, 11) is 2.09. The molecule has 1 unspecified atom stereocenters. The Morgan fingerprint density at radius 1 is 1.45 bits per heavy atom.